The molecule has 0 aromatic carbocycles. The Labute approximate surface area is 210 Å². The van der Waals surface area contributed by atoms with Crippen LogP contribution in [0.5, 0.6) is 0 Å². The van der Waals surface area contributed by atoms with E-state index in [9.17, 15) is 26.7 Å². The third-order valence-electron chi connectivity index (χ3n) is 7.08. The minimum Gasteiger partial charge on any atom is -0.378 e. The maximum absolute atomic E-state index is 13.2. The molecule has 1 atom stereocenters. The molecule has 0 spiro atoms. The van der Waals surface area contributed by atoms with E-state index in [0.29, 0.717) is 12.5 Å². The zero-order valence-corrected chi connectivity index (χ0v) is 21.5. The van der Waals surface area contributed by atoms with Gasteiger partial charge in [0.05, 0.1) is 12.0 Å². The Morgan fingerprint density at radius 3 is 1.49 bits per heavy atom. The van der Waals surface area contributed by atoms with Crippen LogP contribution in [0.15, 0.2) is 0 Å². The molecule has 1 rings (SSSR count). The summed E-state index contributed by atoms with van der Waals surface area (Å²) < 4.78 is 69.3. The monoisotopic (exact) mass is 510 g/mol. The number of carbonyl (C=O) groups excluding carboxylic acids is 1. The summed E-state index contributed by atoms with van der Waals surface area (Å²) in [6.45, 7) is 0.922. The first kappa shape index (κ1) is 32.3. The molecular formula is C28H47F5O2. The molecule has 1 aliphatic carbocycles. The predicted molar refractivity (Wildman–Crippen MR) is 131 cm³/mol. The Morgan fingerprint density at radius 1 is 0.686 bits per heavy atom. The van der Waals surface area contributed by atoms with Crippen LogP contribution in [0.4, 0.5) is 22.0 Å². The molecule has 2 radical (unpaired) electrons. The number of ether oxygens (including phenoxy) is 1. The van der Waals surface area contributed by atoms with Crippen molar-refractivity contribution in [3.8, 4) is 0 Å². The molecule has 1 saturated carbocycles. The smallest absolute Gasteiger partial charge is 0.378 e. The van der Waals surface area contributed by atoms with Gasteiger partial charge in [0.15, 0.2) is 0 Å². The fraction of sp³-hybridized carbons (Fsp3) is 0.929. The minimum absolute atomic E-state index is 0.193. The van der Waals surface area contributed by atoms with Gasteiger partial charge in [0, 0.05) is 6.61 Å². The maximum atomic E-state index is 13.2. The summed E-state index contributed by atoms with van der Waals surface area (Å²) in [5.41, 5.74) is 0. The normalized spacial score (nSPS) is 16.5. The summed E-state index contributed by atoms with van der Waals surface area (Å²) in [7, 11) is 0. The number of hydrogen-bond acceptors (Lipinski definition) is 2. The first-order valence-electron chi connectivity index (χ1n) is 14.0. The van der Waals surface area contributed by atoms with Crippen molar-refractivity contribution in [1.29, 1.82) is 0 Å². The maximum Gasteiger partial charge on any atom is 0.454 e. The van der Waals surface area contributed by atoms with E-state index >= 15 is 0 Å². The Bertz CT molecular complexity index is 504. The second-order valence-electron chi connectivity index (χ2n) is 10.2. The van der Waals surface area contributed by atoms with Gasteiger partial charge in [-0.25, -0.2) is 0 Å². The second-order valence-corrected chi connectivity index (χ2v) is 10.2. The van der Waals surface area contributed by atoms with Crippen LogP contribution < -0.4 is 0 Å². The molecule has 0 bridgehead atoms. The van der Waals surface area contributed by atoms with E-state index in [1.54, 1.807) is 0 Å². The van der Waals surface area contributed by atoms with Crippen molar-refractivity contribution in [2.45, 2.75) is 153 Å². The molecule has 0 N–H and O–H groups in total. The average Bonchev–Trinajstić information content (AvgIpc) is 2.82. The molecule has 0 aromatic rings. The largest absolute Gasteiger partial charge is 0.454 e. The quantitative estimate of drug-likeness (QED) is 0.107. The predicted octanol–water partition coefficient (Wildman–Crippen LogP) is 9.71. The fourth-order valence-electron chi connectivity index (χ4n) is 4.75. The molecule has 0 saturated heterocycles. The molecule has 1 aliphatic rings. The lowest BCUT2D eigenvalue weighted by Crippen LogP contribution is -2.44. The molecule has 7 heteroatoms. The van der Waals surface area contributed by atoms with Crippen molar-refractivity contribution in [2.75, 3.05) is 6.61 Å². The molecule has 0 aromatic heterocycles. The molecular weight excluding hydrogens is 463 g/mol. The van der Waals surface area contributed by atoms with E-state index in [0.717, 1.165) is 38.6 Å². The summed E-state index contributed by atoms with van der Waals surface area (Å²) in [5.74, 6) is -7.39. The standard InChI is InChI=1S/C28H47F5O2/c29-27(30,28(31,32)33)25(24-34)20-16-13-11-9-7-5-3-1-2-4-6-8-10-12-14-19-23-35-26-21-17-15-18-22-26/h15,25-26H,1-14,16-23H2. The molecule has 0 amide bonds. The number of hydrogen-bond donors (Lipinski definition) is 0. The first-order valence-corrected chi connectivity index (χ1v) is 14.0. The molecule has 1 unspecified atom stereocenters. The van der Waals surface area contributed by atoms with Crippen molar-refractivity contribution >= 4 is 6.29 Å². The Kier molecular flexibility index (Phi) is 17.9. The lowest BCUT2D eigenvalue weighted by molar-refractivity contribution is -0.294. The van der Waals surface area contributed by atoms with Crippen LogP contribution in [0.25, 0.3) is 0 Å². The van der Waals surface area contributed by atoms with Crippen LogP contribution in [0.3, 0.4) is 0 Å². The number of rotatable bonds is 22. The Hall–Kier alpha value is -0.720. The molecule has 0 aliphatic heterocycles. The third kappa shape index (κ3) is 15.2. The van der Waals surface area contributed by atoms with Gasteiger partial charge in [0.25, 0.3) is 0 Å². The van der Waals surface area contributed by atoms with E-state index in [1.165, 1.54) is 89.9 Å². The van der Waals surface area contributed by atoms with Crippen LogP contribution in [0.2, 0.25) is 0 Å². The van der Waals surface area contributed by atoms with Gasteiger partial charge >= 0.3 is 12.1 Å². The number of alkyl halides is 5. The third-order valence-corrected chi connectivity index (χ3v) is 7.08. The zero-order chi connectivity index (χ0) is 25.8. The van der Waals surface area contributed by atoms with E-state index in [2.05, 4.69) is 6.42 Å². The summed E-state index contributed by atoms with van der Waals surface area (Å²) in [5, 5.41) is 0. The average molecular weight is 511 g/mol. The van der Waals surface area contributed by atoms with Crippen LogP contribution in [0.1, 0.15) is 135 Å². The lowest BCUT2D eigenvalue weighted by atomic mass is 9.95. The van der Waals surface area contributed by atoms with Crippen molar-refractivity contribution in [3.63, 3.8) is 0 Å². The van der Waals surface area contributed by atoms with Gasteiger partial charge in [-0.05, 0) is 44.9 Å². The highest BCUT2D eigenvalue weighted by molar-refractivity contribution is 5.56. The van der Waals surface area contributed by atoms with Crippen molar-refractivity contribution < 1.29 is 31.5 Å². The molecule has 0 heterocycles. The van der Waals surface area contributed by atoms with Crippen LogP contribution in [0, 0.1) is 12.3 Å². The number of halogens is 5. The van der Waals surface area contributed by atoms with Crippen molar-refractivity contribution in [3.05, 3.63) is 6.42 Å². The van der Waals surface area contributed by atoms with Gasteiger partial charge in [-0.15, -0.1) is 0 Å². The van der Waals surface area contributed by atoms with E-state index in [4.69, 9.17) is 4.74 Å². The Balaban J connectivity index is 1.79. The van der Waals surface area contributed by atoms with Gasteiger partial charge in [0.1, 0.15) is 0 Å². The highest BCUT2D eigenvalue weighted by Gasteiger charge is 2.62. The number of unbranched alkanes of at least 4 members (excludes halogenated alkanes) is 15. The molecule has 206 valence electrons. The SMILES string of the molecule is O=[C]C(CCCCCCCCCCCCCCCCCCOC1CC[CH]CC1)C(F)(F)C(F)(F)F. The Morgan fingerprint density at radius 2 is 1.09 bits per heavy atom. The molecule has 1 fully saturated rings. The van der Waals surface area contributed by atoms with Gasteiger partial charge in [-0.2, -0.15) is 22.0 Å². The van der Waals surface area contributed by atoms with E-state index in [1.807, 2.05) is 0 Å². The molecule has 2 nitrogen and oxygen atoms in total. The highest BCUT2D eigenvalue weighted by atomic mass is 19.4. The summed E-state index contributed by atoms with van der Waals surface area (Å²) >= 11 is 0. The van der Waals surface area contributed by atoms with E-state index in [-0.39, 0.29) is 6.42 Å². The van der Waals surface area contributed by atoms with E-state index < -0.39 is 24.4 Å². The fourth-order valence-corrected chi connectivity index (χ4v) is 4.75. The lowest BCUT2D eigenvalue weighted by Gasteiger charge is -2.24. The van der Waals surface area contributed by atoms with Crippen LogP contribution in [-0.4, -0.2) is 31.1 Å². The topological polar surface area (TPSA) is 26.3 Å². The van der Waals surface area contributed by atoms with Crippen LogP contribution in [-0.2, 0) is 9.53 Å². The second kappa shape index (κ2) is 19.4. The first-order chi connectivity index (χ1) is 16.8. The molecule has 35 heavy (non-hydrogen) atoms. The zero-order valence-electron chi connectivity index (χ0n) is 21.5. The summed E-state index contributed by atoms with van der Waals surface area (Å²) in [4.78, 5) is 10.5. The summed E-state index contributed by atoms with van der Waals surface area (Å²) in [6.07, 6.45) is 19.8. The van der Waals surface area contributed by atoms with Gasteiger partial charge < -0.3 is 4.74 Å². The minimum atomic E-state index is -5.70. The van der Waals surface area contributed by atoms with Gasteiger partial charge in [-0.3, -0.25) is 4.79 Å². The van der Waals surface area contributed by atoms with Gasteiger partial charge in [-0.1, -0.05) is 96.3 Å². The summed E-state index contributed by atoms with van der Waals surface area (Å²) in [6, 6.07) is 0. The van der Waals surface area contributed by atoms with Crippen LogP contribution >= 0.6 is 0 Å². The van der Waals surface area contributed by atoms with Gasteiger partial charge in [0.2, 0.25) is 6.29 Å². The van der Waals surface area contributed by atoms with Crippen molar-refractivity contribution in [2.24, 2.45) is 5.92 Å². The highest BCUT2D eigenvalue weighted by Crippen LogP contribution is 2.42. The van der Waals surface area contributed by atoms with Crippen molar-refractivity contribution in [1.82, 2.24) is 0 Å².